The number of hydrogen-bond acceptors (Lipinski definition) is 6. The molecule has 0 fully saturated rings. The first kappa shape index (κ1) is 19.6. The Morgan fingerprint density at radius 1 is 1.04 bits per heavy atom. The summed E-state index contributed by atoms with van der Waals surface area (Å²) in [6.07, 6.45) is -0.914. The van der Waals surface area contributed by atoms with Crippen LogP contribution in [0.5, 0.6) is 11.5 Å². The molecule has 10 heteroatoms. The van der Waals surface area contributed by atoms with Gasteiger partial charge in [0.25, 0.3) is 11.8 Å². The van der Waals surface area contributed by atoms with Gasteiger partial charge in [-0.25, -0.2) is 13.1 Å². The lowest BCUT2D eigenvalue weighted by molar-refractivity contribution is -0.131. The molecule has 3 N–H and O–H groups in total. The largest absolute Gasteiger partial charge is 0.485 e. The van der Waals surface area contributed by atoms with Gasteiger partial charge in [-0.15, -0.1) is 0 Å². The van der Waals surface area contributed by atoms with Gasteiger partial charge in [0.05, 0.1) is 4.90 Å². The van der Waals surface area contributed by atoms with E-state index in [0.29, 0.717) is 11.5 Å². The molecule has 2 aromatic rings. The Morgan fingerprint density at radius 3 is 2.39 bits per heavy atom. The van der Waals surface area contributed by atoms with Crippen LogP contribution in [-0.4, -0.2) is 39.5 Å². The van der Waals surface area contributed by atoms with Crippen molar-refractivity contribution in [2.75, 3.05) is 13.2 Å². The fourth-order valence-corrected chi connectivity index (χ4v) is 3.52. The first-order valence-corrected chi connectivity index (χ1v) is 9.97. The van der Waals surface area contributed by atoms with Crippen LogP contribution >= 0.6 is 0 Å². The number of carbonyl (C=O) groups is 2. The van der Waals surface area contributed by atoms with Crippen molar-refractivity contribution in [3.63, 3.8) is 0 Å². The van der Waals surface area contributed by atoms with Gasteiger partial charge in [0.1, 0.15) is 6.61 Å². The third-order valence-corrected chi connectivity index (χ3v) is 5.42. The molecule has 0 saturated carbocycles. The zero-order valence-electron chi connectivity index (χ0n) is 15.0. The van der Waals surface area contributed by atoms with Crippen molar-refractivity contribution >= 4 is 21.8 Å². The maximum atomic E-state index is 12.2. The molecule has 1 aliphatic heterocycles. The van der Waals surface area contributed by atoms with Crippen molar-refractivity contribution < 1.29 is 27.5 Å². The van der Waals surface area contributed by atoms with Gasteiger partial charge in [0, 0.05) is 12.1 Å². The van der Waals surface area contributed by atoms with Crippen LogP contribution in [0.25, 0.3) is 0 Å². The van der Waals surface area contributed by atoms with Crippen LogP contribution in [0.2, 0.25) is 0 Å². The zero-order valence-corrected chi connectivity index (χ0v) is 15.8. The SMILES string of the molecule is CCNS(=O)(=O)c1ccc(C(=O)NNC(=O)C2COc3ccccc3O2)cc1. The standard InChI is InChI=1S/C18H19N3O6S/c1-2-19-28(24,25)13-9-7-12(8-10-13)17(22)20-21-18(23)16-11-26-14-5-3-4-6-15(14)27-16/h3-10,16,19H,2,11H2,1H3,(H,20,22)(H,21,23). The summed E-state index contributed by atoms with van der Waals surface area (Å²) in [6, 6.07) is 12.3. The van der Waals surface area contributed by atoms with E-state index >= 15 is 0 Å². The number of carbonyl (C=O) groups excluding carboxylic acids is 2. The van der Waals surface area contributed by atoms with E-state index in [2.05, 4.69) is 15.6 Å². The lowest BCUT2D eigenvalue weighted by atomic mass is 10.2. The van der Waals surface area contributed by atoms with E-state index in [1.807, 2.05) is 0 Å². The van der Waals surface area contributed by atoms with Crippen LogP contribution in [0, 0.1) is 0 Å². The summed E-state index contributed by atoms with van der Waals surface area (Å²) in [4.78, 5) is 24.4. The van der Waals surface area contributed by atoms with E-state index in [1.54, 1.807) is 31.2 Å². The number of benzene rings is 2. The molecule has 1 unspecified atom stereocenters. The maximum absolute atomic E-state index is 12.2. The van der Waals surface area contributed by atoms with E-state index in [9.17, 15) is 18.0 Å². The first-order chi connectivity index (χ1) is 13.4. The summed E-state index contributed by atoms with van der Waals surface area (Å²) < 4.78 is 37.2. The highest BCUT2D eigenvalue weighted by atomic mass is 32.2. The number of ether oxygens (including phenoxy) is 2. The Balaban J connectivity index is 1.56. The molecule has 1 atom stereocenters. The maximum Gasteiger partial charge on any atom is 0.283 e. The average molecular weight is 405 g/mol. The highest BCUT2D eigenvalue weighted by molar-refractivity contribution is 7.89. The van der Waals surface area contributed by atoms with E-state index in [0.717, 1.165) is 0 Å². The number of rotatable bonds is 5. The van der Waals surface area contributed by atoms with Gasteiger partial charge in [0.15, 0.2) is 11.5 Å². The van der Waals surface area contributed by atoms with Gasteiger partial charge >= 0.3 is 0 Å². The predicted molar refractivity (Wildman–Crippen MR) is 99.3 cm³/mol. The fraction of sp³-hybridized carbons (Fsp3) is 0.222. The molecule has 0 aromatic heterocycles. The lowest BCUT2D eigenvalue weighted by Crippen LogP contribution is -2.50. The molecule has 0 saturated heterocycles. The van der Waals surface area contributed by atoms with Crippen molar-refractivity contribution in [3.05, 3.63) is 54.1 Å². The Kier molecular flexibility index (Phi) is 5.81. The monoisotopic (exact) mass is 405 g/mol. The highest BCUT2D eigenvalue weighted by Gasteiger charge is 2.27. The second kappa shape index (κ2) is 8.28. The molecule has 1 aliphatic rings. The van der Waals surface area contributed by atoms with Gasteiger partial charge < -0.3 is 9.47 Å². The van der Waals surface area contributed by atoms with Gasteiger partial charge in [-0.1, -0.05) is 19.1 Å². The normalized spacial score (nSPS) is 15.5. The van der Waals surface area contributed by atoms with Crippen LogP contribution < -0.4 is 25.0 Å². The average Bonchev–Trinajstić information content (AvgIpc) is 2.71. The molecule has 0 spiro atoms. The number of hydrazine groups is 1. The number of para-hydroxylation sites is 2. The topological polar surface area (TPSA) is 123 Å². The molecule has 0 bridgehead atoms. The molecule has 9 nitrogen and oxygen atoms in total. The second-order valence-electron chi connectivity index (χ2n) is 5.83. The molecule has 0 radical (unpaired) electrons. The lowest BCUT2D eigenvalue weighted by Gasteiger charge is -2.25. The molecule has 28 heavy (non-hydrogen) atoms. The fourth-order valence-electron chi connectivity index (χ4n) is 2.48. The van der Waals surface area contributed by atoms with Gasteiger partial charge in [-0.05, 0) is 36.4 Å². The molecular weight excluding hydrogens is 386 g/mol. The zero-order chi connectivity index (χ0) is 20.1. The third-order valence-electron chi connectivity index (χ3n) is 3.86. The smallest absolute Gasteiger partial charge is 0.283 e. The number of amides is 2. The second-order valence-corrected chi connectivity index (χ2v) is 7.60. The highest BCUT2D eigenvalue weighted by Crippen LogP contribution is 2.30. The Bertz CT molecular complexity index is 975. The van der Waals surface area contributed by atoms with Crippen molar-refractivity contribution in [2.24, 2.45) is 0 Å². The van der Waals surface area contributed by atoms with Crippen molar-refractivity contribution in [1.29, 1.82) is 0 Å². The van der Waals surface area contributed by atoms with E-state index < -0.39 is 27.9 Å². The number of hydrogen-bond donors (Lipinski definition) is 3. The minimum atomic E-state index is -3.60. The molecule has 3 rings (SSSR count). The number of fused-ring (bicyclic) bond motifs is 1. The third kappa shape index (κ3) is 4.41. The molecule has 2 aromatic carbocycles. The van der Waals surface area contributed by atoms with E-state index in [4.69, 9.17) is 9.47 Å². The minimum Gasteiger partial charge on any atom is -0.485 e. The first-order valence-electron chi connectivity index (χ1n) is 8.49. The minimum absolute atomic E-state index is 0.00963. The van der Waals surface area contributed by atoms with Gasteiger partial charge in [0.2, 0.25) is 16.1 Å². The molecule has 1 heterocycles. The quantitative estimate of drug-likeness (QED) is 0.626. The van der Waals surface area contributed by atoms with Crippen LogP contribution in [0.3, 0.4) is 0 Å². The van der Waals surface area contributed by atoms with Crippen molar-refractivity contribution in [3.8, 4) is 11.5 Å². The molecule has 148 valence electrons. The summed E-state index contributed by atoms with van der Waals surface area (Å²) in [7, 11) is -3.60. The molecular formula is C18H19N3O6S. The Morgan fingerprint density at radius 2 is 1.71 bits per heavy atom. The molecule has 2 amide bonds. The Labute approximate surface area is 162 Å². The summed E-state index contributed by atoms with van der Waals surface area (Å²) in [5.74, 6) is -0.187. The van der Waals surface area contributed by atoms with Crippen molar-refractivity contribution in [1.82, 2.24) is 15.6 Å². The van der Waals surface area contributed by atoms with Gasteiger partial charge in [-0.3, -0.25) is 20.4 Å². The van der Waals surface area contributed by atoms with E-state index in [1.165, 1.54) is 24.3 Å². The Hall–Kier alpha value is -3.11. The van der Waals surface area contributed by atoms with Crippen LogP contribution in [0.4, 0.5) is 0 Å². The van der Waals surface area contributed by atoms with Crippen LogP contribution in [0.1, 0.15) is 17.3 Å². The number of sulfonamides is 1. The summed E-state index contributed by atoms with van der Waals surface area (Å²) in [5.41, 5.74) is 4.72. The number of nitrogens with one attached hydrogen (secondary N) is 3. The summed E-state index contributed by atoms with van der Waals surface area (Å²) in [5, 5.41) is 0. The summed E-state index contributed by atoms with van der Waals surface area (Å²) >= 11 is 0. The van der Waals surface area contributed by atoms with Gasteiger partial charge in [-0.2, -0.15) is 0 Å². The molecule has 0 aliphatic carbocycles. The van der Waals surface area contributed by atoms with Crippen molar-refractivity contribution in [2.45, 2.75) is 17.9 Å². The summed E-state index contributed by atoms with van der Waals surface area (Å²) in [6.45, 7) is 1.94. The van der Waals surface area contributed by atoms with Crippen LogP contribution in [-0.2, 0) is 14.8 Å². The van der Waals surface area contributed by atoms with Crippen LogP contribution in [0.15, 0.2) is 53.4 Å². The van der Waals surface area contributed by atoms with E-state index in [-0.39, 0.29) is 23.6 Å². The predicted octanol–water partition coefficient (Wildman–Crippen LogP) is 0.586.